The summed E-state index contributed by atoms with van der Waals surface area (Å²) < 4.78 is 12.1. The van der Waals surface area contributed by atoms with Crippen molar-refractivity contribution in [2.75, 3.05) is 7.11 Å². The molecule has 0 unspecified atom stereocenters. The van der Waals surface area contributed by atoms with Gasteiger partial charge in [-0.1, -0.05) is 24.3 Å². The Hall–Kier alpha value is -3.34. The summed E-state index contributed by atoms with van der Waals surface area (Å²) in [6, 6.07) is 16.0. The van der Waals surface area contributed by atoms with Gasteiger partial charge in [-0.2, -0.15) is 0 Å². The second kappa shape index (κ2) is 5.38. The van der Waals surface area contributed by atoms with E-state index in [-0.39, 0.29) is 11.5 Å². The Labute approximate surface area is 137 Å². The van der Waals surface area contributed by atoms with E-state index in [9.17, 15) is 9.59 Å². The number of ketones is 1. The number of para-hydroxylation sites is 1. The predicted octanol–water partition coefficient (Wildman–Crippen LogP) is 3.70. The summed E-state index contributed by atoms with van der Waals surface area (Å²) in [7, 11) is 1.31. The predicted molar refractivity (Wildman–Crippen MR) is 88.4 cm³/mol. The van der Waals surface area contributed by atoms with Crippen LogP contribution in [0.3, 0.4) is 0 Å². The zero-order valence-electron chi connectivity index (χ0n) is 12.9. The normalized spacial score (nSPS) is 11.0. The Bertz CT molecular complexity index is 1050. The molecule has 0 fully saturated rings. The van der Waals surface area contributed by atoms with E-state index >= 15 is 0 Å². The largest absolute Gasteiger partial charge is 0.465 e. The fourth-order valence-corrected chi connectivity index (χ4v) is 2.82. The lowest BCUT2D eigenvalue weighted by Crippen LogP contribution is -2.03. The fourth-order valence-electron chi connectivity index (χ4n) is 2.82. The monoisotopic (exact) mass is 319 g/mol. The average molecular weight is 319 g/mol. The molecule has 0 radical (unpaired) electrons. The maximum Gasteiger partial charge on any atom is 0.340 e. The molecule has 0 atom stereocenters. The molecule has 24 heavy (non-hydrogen) atoms. The molecule has 0 aliphatic heterocycles. The Kier molecular flexibility index (Phi) is 3.20. The lowest BCUT2D eigenvalue weighted by molar-refractivity contribution is 0.0603. The number of carbonyl (C=O) groups excluding carboxylic acids is 2. The SMILES string of the molecule is COC(=O)c1cc(C(=O)c2cc3ccccc3o2)n2ccccc12. The molecule has 4 rings (SSSR count). The number of benzene rings is 1. The molecule has 0 aliphatic carbocycles. The van der Waals surface area contributed by atoms with Gasteiger partial charge in [0.05, 0.1) is 23.9 Å². The van der Waals surface area contributed by atoms with E-state index in [4.69, 9.17) is 9.15 Å². The van der Waals surface area contributed by atoms with E-state index in [1.165, 1.54) is 13.2 Å². The summed E-state index contributed by atoms with van der Waals surface area (Å²) in [6.45, 7) is 0. The molecular formula is C19H13NO4. The minimum absolute atomic E-state index is 0.232. The number of aromatic nitrogens is 1. The Morgan fingerprint density at radius 3 is 2.62 bits per heavy atom. The number of pyridine rings is 1. The second-order valence-corrected chi connectivity index (χ2v) is 5.37. The van der Waals surface area contributed by atoms with Gasteiger partial charge in [0, 0.05) is 11.6 Å². The summed E-state index contributed by atoms with van der Waals surface area (Å²) >= 11 is 0. The van der Waals surface area contributed by atoms with Crippen molar-refractivity contribution in [2.24, 2.45) is 0 Å². The van der Waals surface area contributed by atoms with Gasteiger partial charge < -0.3 is 13.6 Å². The third kappa shape index (κ3) is 2.10. The van der Waals surface area contributed by atoms with Crippen LogP contribution >= 0.6 is 0 Å². The second-order valence-electron chi connectivity index (χ2n) is 5.37. The van der Waals surface area contributed by atoms with Crippen LogP contribution in [-0.2, 0) is 4.74 Å². The van der Waals surface area contributed by atoms with Gasteiger partial charge in [-0.3, -0.25) is 4.79 Å². The number of carbonyl (C=O) groups is 2. The van der Waals surface area contributed by atoms with Gasteiger partial charge in [0.2, 0.25) is 5.78 Å². The van der Waals surface area contributed by atoms with Gasteiger partial charge in [-0.25, -0.2) is 4.79 Å². The van der Waals surface area contributed by atoms with Crippen LogP contribution in [0, 0.1) is 0 Å². The molecule has 0 N–H and O–H groups in total. The Balaban J connectivity index is 1.89. The van der Waals surface area contributed by atoms with Crippen molar-refractivity contribution in [1.82, 2.24) is 4.40 Å². The summed E-state index contributed by atoms with van der Waals surface area (Å²) in [5, 5.41) is 0.856. The molecule has 0 saturated heterocycles. The van der Waals surface area contributed by atoms with E-state index in [1.54, 1.807) is 34.9 Å². The maximum atomic E-state index is 12.9. The standard InChI is InChI=1S/C19H13NO4/c1-23-19(22)13-11-15(20-9-5-4-7-14(13)20)18(21)17-10-12-6-2-3-8-16(12)24-17/h2-11H,1H3. The van der Waals surface area contributed by atoms with E-state index in [1.807, 2.05) is 24.3 Å². The lowest BCUT2D eigenvalue weighted by Gasteiger charge is -2.00. The van der Waals surface area contributed by atoms with E-state index in [0.717, 1.165) is 5.39 Å². The van der Waals surface area contributed by atoms with Crippen LogP contribution < -0.4 is 0 Å². The molecule has 118 valence electrons. The van der Waals surface area contributed by atoms with Crippen LogP contribution in [0.4, 0.5) is 0 Å². The number of nitrogens with zero attached hydrogens (tertiary/aromatic N) is 1. The molecule has 4 aromatic rings. The number of rotatable bonds is 3. The fraction of sp³-hybridized carbons (Fsp3) is 0.0526. The minimum Gasteiger partial charge on any atom is -0.465 e. The van der Waals surface area contributed by atoms with Crippen LogP contribution in [0.5, 0.6) is 0 Å². The van der Waals surface area contributed by atoms with Crippen molar-refractivity contribution in [3.8, 4) is 0 Å². The average Bonchev–Trinajstić information content (AvgIpc) is 3.22. The van der Waals surface area contributed by atoms with Crippen LogP contribution in [0.2, 0.25) is 0 Å². The zero-order valence-corrected chi connectivity index (χ0v) is 12.9. The molecule has 3 aromatic heterocycles. The number of hydrogen-bond acceptors (Lipinski definition) is 4. The smallest absolute Gasteiger partial charge is 0.340 e. The Morgan fingerprint density at radius 1 is 1.04 bits per heavy atom. The highest BCUT2D eigenvalue weighted by atomic mass is 16.5. The van der Waals surface area contributed by atoms with Gasteiger partial charge in [-0.05, 0) is 30.3 Å². The van der Waals surface area contributed by atoms with E-state index in [2.05, 4.69) is 0 Å². The summed E-state index contributed by atoms with van der Waals surface area (Å²) in [4.78, 5) is 24.9. The highest BCUT2D eigenvalue weighted by Crippen LogP contribution is 2.24. The quantitative estimate of drug-likeness (QED) is 0.427. The van der Waals surface area contributed by atoms with Gasteiger partial charge in [0.25, 0.3) is 0 Å². The first-order chi connectivity index (χ1) is 11.7. The zero-order chi connectivity index (χ0) is 16.7. The van der Waals surface area contributed by atoms with Crippen molar-refractivity contribution >= 4 is 28.2 Å². The van der Waals surface area contributed by atoms with Crippen molar-refractivity contribution in [3.05, 3.63) is 77.8 Å². The third-order valence-corrected chi connectivity index (χ3v) is 3.96. The first-order valence-electron chi connectivity index (χ1n) is 7.41. The van der Waals surface area contributed by atoms with Crippen molar-refractivity contribution in [3.63, 3.8) is 0 Å². The number of methoxy groups -OCH3 is 1. The molecule has 0 amide bonds. The molecule has 0 spiro atoms. The van der Waals surface area contributed by atoms with Gasteiger partial charge in [-0.15, -0.1) is 0 Å². The van der Waals surface area contributed by atoms with Crippen LogP contribution in [-0.4, -0.2) is 23.3 Å². The van der Waals surface area contributed by atoms with E-state index in [0.29, 0.717) is 22.4 Å². The summed E-state index contributed by atoms with van der Waals surface area (Å²) in [6.07, 6.45) is 1.73. The van der Waals surface area contributed by atoms with Gasteiger partial charge in [0.1, 0.15) is 5.58 Å². The van der Waals surface area contributed by atoms with Crippen molar-refractivity contribution in [2.45, 2.75) is 0 Å². The van der Waals surface area contributed by atoms with Gasteiger partial charge in [0.15, 0.2) is 5.76 Å². The summed E-state index contributed by atoms with van der Waals surface area (Å²) in [5.41, 5.74) is 1.96. The maximum absolute atomic E-state index is 12.9. The summed E-state index contributed by atoms with van der Waals surface area (Å²) in [5.74, 6) is -0.541. The number of hydrogen-bond donors (Lipinski definition) is 0. The highest BCUT2D eigenvalue weighted by Gasteiger charge is 2.22. The third-order valence-electron chi connectivity index (χ3n) is 3.96. The lowest BCUT2D eigenvalue weighted by atomic mass is 10.2. The van der Waals surface area contributed by atoms with Crippen molar-refractivity contribution < 1.29 is 18.7 Å². The van der Waals surface area contributed by atoms with Crippen LogP contribution in [0.15, 0.2) is 65.2 Å². The molecule has 0 saturated carbocycles. The molecule has 3 heterocycles. The van der Waals surface area contributed by atoms with Crippen LogP contribution in [0.1, 0.15) is 26.6 Å². The molecule has 0 aliphatic rings. The van der Waals surface area contributed by atoms with Crippen molar-refractivity contribution in [1.29, 1.82) is 0 Å². The highest BCUT2D eigenvalue weighted by molar-refractivity contribution is 6.11. The first kappa shape index (κ1) is 14.3. The van der Waals surface area contributed by atoms with E-state index < -0.39 is 5.97 Å². The molecule has 1 aromatic carbocycles. The van der Waals surface area contributed by atoms with Gasteiger partial charge >= 0.3 is 5.97 Å². The number of esters is 1. The number of ether oxygens (including phenoxy) is 1. The molecule has 0 bridgehead atoms. The number of fused-ring (bicyclic) bond motifs is 2. The Morgan fingerprint density at radius 2 is 1.83 bits per heavy atom. The van der Waals surface area contributed by atoms with Crippen LogP contribution in [0.25, 0.3) is 16.5 Å². The molecule has 5 heteroatoms. The molecular weight excluding hydrogens is 306 g/mol. The molecule has 5 nitrogen and oxygen atoms in total. The number of furan rings is 1. The minimum atomic E-state index is -0.484. The topological polar surface area (TPSA) is 60.9 Å². The first-order valence-corrected chi connectivity index (χ1v) is 7.41.